The zero-order valence-electron chi connectivity index (χ0n) is 11.8. The second-order valence-electron chi connectivity index (χ2n) is 4.72. The van der Waals surface area contributed by atoms with Gasteiger partial charge in [-0.3, -0.25) is 0 Å². The number of nitrogens with zero attached hydrogens (tertiary/aromatic N) is 1. The predicted octanol–water partition coefficient (Wildman–Crippen LogP) is 4.01. The highest BCUT2D eigenvalue weighted by Crippen LogP contribution is 2.32. The van der Waals surface area contributed by atoms with Gasteiger partial charge in [-0.05, 0) is 49.9 Å². The molecule has 1 N–H and O–H groups in total. The van der Waals surface area contributed by atoms with Crippen molar-refractivity contribution in [2.45, 2.75) is 13.0 Å². The van der Waals surface area contributed by atoms with Crippen LogP contribution < -0.4 is 10.2 Å². The fourth-order valence-electron chi connectivity index (χ4n) is 2.19. The summed E-state index contributed by atoms with van der Waals surface area (Å²) >= 11 is 0. The molecule has 1 unspecified atom stereocenters. The highest BCUT2D eigenvalue weighted by molar-refractivity contribution is 5.66. The highest BCUT2D eigenvalue weighted by Gasteiger charge is 2.16. The molecule has 0 fully saturated rings. The van der Waals surface area contributed by atoms with Crippen molar-refractivity contribution in [2.75, 3.05) is 19.0 Å². The van der Waals surface area contributed by atoms with Crippen molar-refractivity contribution in [1.29, 1.82) is 0 Å². The Kier molecular flexibility index (Phi) is 4.35. The number of hydrogen-bond donors (Lipinski definition) is 1. The molecule has 0 saturated heterocycles. The van der Waals surface area contributed by atoms with E-state index >= 15 is 0 Å². The first-order valence-electron chi connectivity index (χ1n) is 6.49. The lowest BCUT2D eigenvalue weighted by Gasteiger charge is -2.25. The Bertz CT molecular complexity index is 599. The van der Waals surface area contributed by atoms with Gasteiger partial charge in [0.1, 0.15) is 11.6 Å². The molecule has 0 heterocycles. The average molecular weight is 276 g/mol. The van der Waals surface area contributed by atoms with Crippen LogP contribution in [-0.4, -0.2) is 14.1 Å². The summed E-state index contributed by atoms with van der Waals surface area (Å²) in [5, 5.41) is 3.08. The molecule has 0 amide bonds. The summed E-state index contributed by atoms with van der Waals surface area (Å²) in [6.45, 7) is 1.94. The van der Waals surface area contributed by atoms with Gasteiger partial charge in [-0.1, -0.05) is 12.1 Å². The van der Waals surface area contributed by atoms with Gasteiger partial charge < -0.3 is 10.2 Å². The molecule has 2 rings (SSSR count). The maximum Gasteiger partial charge on any atom is 0.146 e. The van der Waals surface area contributed by atoms with E-state index in [1.165, 1.54) is 18.2 Å². The summed E-state index contributed by atoms with van der Waals surface area (Å²) in [4.78, 5) is 1.73. The Morgan fingerprint density at radius 2 is 1.75 bits per heavy atom. The van der Waals surface area contributed by atoms with Crippen molar-refractivity contribution in [3.05, 3.63) is 59.7 Å². The Morgan fingerprint density at radius 1 is 1.05 bits per heavy atom. The topological polar surface area (TPSA) is 15.3 Å². The van der Waals surface area contributed by atoms with E-state index < -0.39 is 0 Å². The first-order valence-corrected chi connectivity index (χ1v) is 6.49. The van der Waals surface area contributed by atoms with E-state index in [9.17, 15) is 8.78 Å². The van der Waals surface area contributed by atoms with Crippen LogP contribution in [0.1, 0.15) is 18.5 Å². The van der Waals surface area contributed by atoms with Crippen molar-refractivity contribution < 1.29 is 8.78 Å². The summed E-state index contributed by atoms with van der Waals surface area (Å²) in [6.07, 6.45) is 0. The van der Waals surface area contributed by atoms with Crippen molar-refractivity contribution >= 4 is 11.4 Å². The molecule has 0 aliphatic rings. The molecule has 0 saturated carbocycles. The summed E-state index contributed by atoms with van der Waals surface area (Å²) in [6, 6.07) is 11.0. The SMILES string of the molecule is CNC(C)c1cc(F)ccc1N(C)c1ccccc1F. The zero-order valence-corrected chi connectivity index (χ0v) is 11.8. The van der Waals surface area contributed by atoms with Gasteiger partial charge in [-0.25, -0.2) is 8.78 Å². The summed E-state index contributed by atoms with van der Waals surface area (Å²) < 4.78 is 27.4. The molecule has 2 aromatic carbocycles. The highest BCUT2D eigenvalue weighted by atomic mass is 19.1. The Balaban J connectivity index is 2.49. The second kappa shape index (κ2) is 6.01. The molecule has 0 bridgehead atoms. The molecule has 2 aromatic rings. The van der Waals surface area contributed by atoms with E-state index in [-0.39, 0.29) is 17.7 Å². The van der Waals surface area contributed by atoms with Gasteiger partial charge in [-0.2, -0.15) is 0 Å². The van der Waals surface area contributed by atoms with Gasteiger partial charge in [-0.15, -0.1) is 0 Å². The predicted molar refractivity (Wildman–Crippen MR) is 78.3 cm³/mol. The van der Waals surface area contributed by atoms with Gasteiger partial charge in [0.25, 0.3) is 0 Å². The smallest absolute Gasteiger partial charge is 0.146 e. The van der Waals surface area contributed by atoms with Crippen LogP contribution in [0.15, 0.2) is 42.5 Å². The van der Waals surface area contributed by atoms with Crippen molar-refractivity contribution in [3.8, 4) is 0 Å². The third-order valence-electron chi connectivity index (χ3n) is 3.46. The third-order valence-corrected chi connectivity index (χ3v) is 3.46. The molecular formula is C16H18F2N2. The number of benzene rings is 2. The first kappa shape index (κ1) is 14.5. The minimum atomic E-state index is -0.303. The molecule has 0 aromatic heterocycles. The zero-order chi connectivity index (χ0) is 14.7. The molecular weight excluding hydrogens is 258 g/mol. The van der Waals surface area contributed by atoms with Gasteiger partial charge in [0.2, 0.25) is 0 Å². The monoisotopic (exact) mass is 276 g/mol. The molecule has 106 valence electrons. The summed E-state index contributed by atoms with van der Waals surface area (Å²) in [5.41, 5.74) is 2.03. The van der Waals surface area contributed by atoms with Crippen LogP contribution in [0.2, 0.25) is 0 Å². The maximum absolute atomic E-state index is 13.9. The van der Waals surface area contributed by atoms with Crippen LogP contribution in [0.5, 0.6) is 0 Å². The largest absolute Gasteiger partial charge is 0.342 e. The minimum absolute atomic E-state index is 0.0325. The van der Waals surface area contributed by atoms with Crippen LogP contribution in [0, 0.1) is 11.6 Å². The van der Waals surface area contributed by atoms with Gasteiger partial charge in [0.15, 0.2) is 0 Å². The number of para-hydroxylation sites is 1. The standard InChI is InChI=1S/C16H18F2N2/c1-11(19-2)13-10-12(17)8-9-15(13)20(3)16-7-5-4-6-14(16)18/h4-11,19H,1-3H3. The van der Waals surface area contributed by atoms with E-state index in [4.69, 9.17) is 0 Å². The minimum Gasteiger partial charge on any atom is -0.342 e. The molecule has 4 heteroatoms. The molecule has 1 atom stereocenters. The number of rotatable bonds is 4. The lowest BCUT2D eigenvalue weighted by molar-refractivity contribution is 0.607. The van der Waals surface area contributed by atoms with Crippen LogP contribution in [-0.2, 0) is 0 Å². The lowest BCUT2D eigenvalue weighted by atomic mass is 10.0. The summed E-state index contributed by atoms with van der Waals surface area (Å²) in [7, 11) is 3.58. The number of anilines is 2. The fourth-order valence-corrected chi connectivity index (χ4v) is 2.19. The average Bonchev–Trinajstić information content (AvgIpc) is 2.46. The van der Waals surface area contributed by atoms with Crippen molar-refractivity contribution in [1.82, 2.24) is 5.32 Å². The second-order valence-corrected chi connectivity index (χ2v) is 4.72. The Morgan fingerprint density at radius 3 is 2.40 bits per heavy atom. The quantitative estimate of drug-likeness (QED) is 0.907. The molecule has 20 heavy (non-hydrogen) atoms. The molecule has 0 radical (unpaired) electrons. The van der Waals surface area contributed by atoms with E-state index in [0.717, 1.165) is 11.3 Å². The Hall–Kier alpha value is -1.94. The maximum atomic E-state index is 13.9. The van der Waals surface area contributed by atoms with Crippen molar-refractivity contribution in [2.24, 2.45) is 0 Å². The Labute approximate surface area is 118 Å². The van der Waals surface area contributed by atoms with Crippen molar-refractivity contribution in [3.63, 3.8) is 0 Å². The molecule has 2 nitrogen and oxygen atoms in total. The number of nitrogens with one attached hydrogen (secondary N) is 1. The third kappa shape index (κ3) is 2.80. The first-order chi connectivity index (χ1) is 9.54. The summed E-state index contributed by atoms with van der Waals surface area (Å²) in [5.74, 6) is -0.602. The van der Waals surface area contributed by atoms with Crippen LogP contribution >= 0.6 is 0 Å². The van der Waals surface area contributed by atoms with Crippen LogP contribution in [0.4, 0.5) is 20.2 Å². The van der Waals surface area contributed by atoms with E-state index in [1.54, 1.807) is 36.2 Å². The van der Waals surface area contributed by atoms with Gasteiger partial charge >= 0.3 is 0 Å². The van der Waals surface area contributed by atoms with E-state index in [0.29, 0.717) is 5.69 Å². The molecule has 0 spiro atoms. The normalized spacial score (nSPS) is 12.2. The number of halogens is 2. The van der Waals surface area contributed by atoms with Crippen LogP contribution in [0.3, 0.4) is 0 Å². The number of hydrogen-bond acceptors (Lipinski definition) is 2. The molecule has 0 aliphatic heterocycles. The molecule has 0 aliphatic carbocycles. The van der Waals surface area contributed by atoms with E-state index in [1.807, 2.05) is 14.0 Å². The van der Waals surface area contributed by atoms with Gasteiger partial charge in [0, 0.05) is 18.8 Å². The fraction of sp³-hybridized carbons (Fsp3) is 0.250. The van der Waals surface area contributed by atoms with E-state index in [2.05, 4.69) is 5.32 Å². The van der Waals surface area contributed by atoms with Crippen LogP contribution in [0.25, 0.3) is 0 Å². The van der Waals surface area contributed by atoms with Gasteiger partial charge in [0.05, 0.1) is 5.69 Å². The lowest BCUT2D eigenvalue weighted by Crippen LogP contribution is -2.19.